The van der Waals surface area contributed by atoms with Crippen LogP contribution in [0.2, 0.25) is 0 Å². The van der Waals surface area contributed by atoms with E-state index in [4.69, 9.17) is 0 Å². The first-order valence-electron chi connectivity index (χ1n) is 0. The predicted molar refractivity (Wildman–Crippen MR) is 6.87 cm³/mol. The van der Waals surface area contributed by atoms with E-state index in [0.29, 0.717) is 0 Å². The van der Waals surface area contributed by atoms with Gasteiger partial charge in [0.25, 0.3) is 0 Å². The van der Waals surface area contributed by atoms with Crippen LogP contribution in [-0.2, 0) is 0 Å². The molecule has 0 unspecified atom stereocenters. The van der Waals surface area contributed by atoms with Gasteiger partial charge in [0.2, 0.25) is 0 Å². The molecule has 0 N–H and O–H groups in total. The molecule has 0 nitrogen and oxygen atoms in total. The maximum Gasteiger partial charge on any atom is 3.00 e. The van der Waals surface area contributed by atoms with Gasteiger partial charge in [-0.05, 0) is 0 Å². The van der Waals surface area contributed by atoms with E-state index in [9.17, 15) is 0 Å². The van der Waals surface area contributed by atoms with Gasteiger partial charge in [-0.1, -0.05) is 0 Å². The van der Waals surface area contributed by atoms with Crippen LogP contribution in [0, 0.1) is 0 Å². The SMILES string of the molecule is [Al+3].[Br-].[Br-].[Br-].[H-].[Li+]. The van der Waals surface area contributed by atoms with E-state index in [-0.39, 0.29) is 88.6 Å². The van der Waals surface area contributed by atoms with E-state index in [1.807, 2.05) is 0 Å². The third-order valence-electron chi connectivity index (χ3n) is 0. The van der Waals surface area contributed by atoms with Crippen LogP contribution in [-0.4, -0.2) is 17.4 Å². The molecule has 0 fully saturated rings. The van der Waals surface area contributed by atoms with E-state index in [1.54, 1.807) is 0 Å². The first-order valence-corrected chi connectivity index (χ1v) is 0. The van der Waals surface area contributed by atoms with Crippen molar-refractivity contribution in [1.29, 1.82) is 0 Å². The zero-order valence-electron chi connectivity index (χ0n) is 3.71. The molecule has 26 valence electrons. The van der Waals surface area contributed by atoms with Gasteiger partial charge in [-0.25, -0.2) is 0 Å². The quantitative estimate of drug-likeness (QED) is 0.385. The first-order chi connectivity index (χ1) is 0. The van der Waals surface area contributed by atoms with Gasteiger partial charge >= 0.3 is 36.2 Å². The Labute approximate surface area is 87.6 Å². The van der Waals surface area contributed by atoms with Crippen LogP contribution in [0.25, 0.3) is 0 Å². The zero-order chi connectivity index (χ0) is 0. The molecule has 0 atom stereocenters. The second-order valence-electron chi connectivity index (χ2n) is 0. The molecule has 0 spiro atoms. The van der Waals surface area contributed by atoms with E-state index >= 15 is 0 Å². The summed E-state index contributed by atoms with van der Waals surface area (Å²) in [6.07, 6.45) is 0. The van der Waals surface area contributed by atoms with Gasteiger partial charge in [-0.15, -0.1) is 0 Å². The van der Waals surface area contributed by atoms with E-state index in [0.717, 1.165) is 0 Å². The second kappa shape index (κ2) is 30.9. The minimum atomic E-state index is 0. The van der Waals surface area contributed by atoms with Crippen LogP contribution in [0.3, 0.4) is 0 Å². The fraction of sp³-hybridized carbons (Fsp3) is 0. The van der Waals surface area contributed by atoms with E-state index in [2.05, 4.69) is 0 Å². The molecule has 5 heavy (non-hydrogen) atoms. The molecule has 0 aromatic heterocycles. The molecule has 0 rings (SSSR count). The summed E-state index contributed by atoms with van der Waals surface area (Å²) in [5, 5.41) is 0. The summed E-state index contributed by atoms with van der Waals surface area (Å²) < 4.78 is 0. The fourth-order valence-electron chi connectivity index (χ4n) is 0. The van der Waals surface area contributed by atoms with Gasteiger partial charge in [-0.3, -0.25) is 0 Å². The maximum absolute atomic E-state index is 0. The van der Waals surface area contributed by atoms with Crippen LogP contribution in [0.15, 0.2) is 0 Å². The summed E-state index contributed by atoms with van der Waals surface area (Å²) in [5.41, 5.74) is 0. The molecule has 0 saturated heterocycles. The summed E-state index contributed by atoms with van der Waals surface area (Å²) in [6.45, 7) is 0. The normalized spacial score (nSPS) is 0. The Morgan fingerprint density at radius 3 is 0.800 bits per heavy atom. The molecule has 0 aromatic rings. The molecule has 0 saturated carbocycles. The molecule has 0 radical (unpaired) electrons. The molecule has 0 aliphatic carbocycles. The second-order valence-corrected chi connectivity index (χ2v) is 0. The average molecular weight is 275 g/mol. The van der Waals surface area contributed by atoms with Crippen molar-refractivity contribution in [2.24, 2.45) is 0 Å². The first kappa shape index (κ1) is 49.5. The maximum atomic E-state index is 0. The molecule has 0 amide bonds. The zero-order valence-corrected chi connectivity index (χ0v) is 8.62. The van der Waals surface area contributed by atoms with E-state index in [1.165, 1.54) is 0 Å². The topological polar surface area (TPSA) is 0 Å². The smallest absolute Gasteiger partial charge is 1.00 e. The van der Waals surface area contributed by atoms with Crippen LogP contribution in [0.1, 0.15) is 1.43 Å². The van der Waals surface area contributed by atoms with Crippen LogP contribution in [0.4, 0.5) is 0 Å². The van der Waals surface area contributed by atoms with Crippen molar-refractivity contribution in [2.45, 2.75) is 0 Å². The predicted octanol–water partition coefficient (Wildman–Crippen LogP) is -12.3. The van der Waals surface area contributed by atoms with Gasteiger partial charge in [0.05, 0.1) is 0 Å². The Balaban J connectivity index is 0. The Morgan fingerprint density at radius 2 is 0.800 bits per heavy atom. The standard InChI is InChI=1S/Al.3BrH.Li.H/h;3*1H;;/q+3;;;;+1;-1/p-3. The molecule has 5 heteroatoms. The van der Waals surface area contributed by atoms with Crippen molar-refractivity contribution in [1.82, 2.24) is 0 Å². The van der Waals surface area contributed by atoms with Crippen molar-refractivity contribution >= 4 is 17.4 Å². The Kier molecular flexibility index (Phi) is 305. The Bertz CT molecular complexity index is 10.8. The summed E-state index contributed by atoms with van der Waals surface area (Å²) in [5.74, 6) is 0. The number of hydrogen-bond donors (Lipinski definition) is 0. The largest absolute Gasteiger partial charge is 3.00 e. The molecular formula is HAlBr3Li. The summed E-state index contributed by atoms with van der Waals surface area (Å²) >= 11 is 0. The Morgan fingerprint density at radius 1 is 0.800 bits per heavy atom. The van der Waals surface area contributed by atoms with Crippen molar-refractivity contribution in [2.75, 3.05) is 0 Å². The number of hydrogen-bond acceptors (Lipinski definition) is 0. The Hall–Kier alpha value is 2.57. The molecule has 0 aliphatic rings. The summed E-state index contributed by atoms with van der Waals surface area (Å²) in [4.78, 5) is 0. The third-order valence-corrected chi connectivity index (χ3v) is 0. The van der Waals surface area contributed by atoms with Crippen molar-refractivity contribution < 1.29 is 71.2 Å². The van der Waals surface area contributed by atoms with Crippen molar-refractivity contribution in [3.63, 3.8) is 0 Å². The van der Waals surface area contributed by atoms with Crippen LogP contribution in [0.5, 0.6) is 0 Å². The minimum Gasteiger partial charge on any atom is -1.00 e. The number of rotatable bonds is 0. The number of halogens is 3. The van der Waals surface area contributed by atoms with Gasteiger partial charge in [0.15, 0.2) is 0 Å². The fourth-order valence-corrected chi connectivity index (χ4v) is 0. The monoisotopic (exact) mass is 272 g/mol. The molecule has 0 aromatic carbocycles. The molecule has 0 heterocycles. The van der Waals surface area contributed by atoms with E-state index < -0.39 is 0 Å². The van der Waals surface area contributed by atoms with Crippen LogP contribution >= 0.6 is 0 Å². The van der Waals surface area contributed by atoms with Crippen LogP contribution < -0.4 is 69.8 Å². The summed E-state index contributed by atoms with van der Waals surface area (Å²) in [6, 6.07) is 0. The average Bonchev–Trinajstić information content (AvgIpc) is 0. The summed E-state index contributed by atoms with van der Waals surface area (Å²) in [7, 11) is 0. The van der Waals surface area contributed by atoms with Gasteiger partial charge in [0, 0.05) is 0 Å². The molecular weight excluding hydrogens is 274 g/mol. The molecule has 0 aliphatic heterocycles. The van der Waals surface area contributed by atoms with Crippen molar-refractivity contribution in [3.8, 4) is 0 Å². The third kappa shape index (κ3) is 20.8. The molecule has 0 bridgehead atoms. The van der Waals surface area contributed by atoms with Crippen molar-refractivity contribution in [3.05, 3.63) is 0 Å². The minimum absolute atomic E-state index is 0. The van der Waals surface area contributed by atoms with Gasteiger partial charge < -0.3 is 52.4 Å². The van der Waals surface area contributed by atoms with Gasteiger partial charge in [-0.2, -0.15) is 0 Å². The van der Waals surface area contributed by atoms with Gasteiger partial charge in [0.1, 0.15) is 0 Å².